The van der Waals surface area contributed by atoms with Crippen molar-refractivity contribution >= 4 is 35.0 Å². The van der Waals surface area contributed by atoms with Gasteiger partial charge < -0.3 is 15.4 Å². The molecule has 2 amide bonds. The summed E-state index contributed by atoms with van der Waals surface area (Å²) in [5.41, 5.74) is 3.03. The summed E-state index contributed by atoms with van der Waals surface area (Å²) in [7, 11) is 1.57. The highest BCUT2D eigenvalue weighted by molar-refractivity contribution is 8.00. The molecule has 0 aromatic heterocycles. The molecule has 3 aromatic carbocycles. The molecule has 0 atom stereocenters. The second-order valence-electron chi connectivity index (χ2n) is 6.39. The van der Waals surface area contributed by atoms with Gasteiger partial charge in [0.05, 0.1) is 18.6 Å². The maximum atomic E-state index is 12.4. The molecule has 3 aromatic rings. The number of nitrogens with one attached hydrogen (secondary N) is 2. The Hall–Kier alpha value is -3.25. The zero-order chi connectivity index (χ0) is 20.6. The van der Waals surface area contributed by atoms with Crippen LogP contribution in [0.4, 0.5) is 11.4 Å². The van der Waals surface area contributed by atoms with Crippen molar-refractivity contribution in [2.45, 2.75) is 11.8 Å². The minimum atomic E-state index is -0.166. The van der Waals surface area contributed by atoms with Gasteiger partial charge in [-0.2, -0.15) is 0 Å². The first-order chi connectivity index (χ1) is 14.0. The normalized spacial score (nSPS) is 10.3. The number of amides is 2. The Morgan fingerprint density at radius 1 is 0.931 bits per heavy atom. The van der Waals surface area contributed by atoms with Gasteiger partial charge in [-0.15, -0.1) is 11.8 Å². The summed E-state index contributed by atoms with van der Waals surface area (Å²) in [4.78, 5) is 25.5. The van der Waals surface area contributed by atoms with Gasteiger partial charge in [-0.3, -0.25) is 9.59 Å². The van der Waals surface area contributed by atoms with Crippen LogP contribution in [0.2, 0.25) is 0 Å². The highest BCUT2D eigenvalue weighted by atomic mass is 32.2. The van der Waals surface area contributed by atoms with Crippen LogP contribution in [0.1, 0.15) is 15.9 Å². The van der Waals surface area contributed by atoms with Gasteiger partial charge in [0.15, 0.2) is 0 Å². The predicted octanol–water partition coefficient (Wildman–Crippen LogP) is 4.99. The standard InChI is InChI=1S/C23H22N2O3S/c1-16-10-12-17(13-11-16)23(27)24-18-6-5-7-19(14-18)29-15-22(26)25-20-8-3-4-9-21(20)28-2/h3-14H,15H2,1-2H3,(H,24,27)(H,25,26). The molecule has 29 heavy (non-hydrogen) atoms. The summed E-state index contributed by atoms with van der Waals surface area (Å²) in [5.74, 6) is 0.564. The fourth-order valence-electron chi connectivity index (χ4n) is 2.65. The first kappa shape index (κ1) is 20.5. The molecule has 0 fully saturated rings. The van der Waals surface area contributed by atoms with Gasteiger partial charge >= 0.3 is 0 Å². The number of rotatable bonds is 7. The lowest BCUT2D eigenvalue weighted by Crippen LogP contribution is -2.14. The maximum absolute atomic E-state index is 12.4. The van der Waals surface area contributed by atoms with Crippen LogP contribution in [-0.4, -0.2) is 24.7 Å². The van der Waals surface area contributed by atoms with Crippen LogP contribution in [0.25, 0.3) is 0 Å². The van der Waals surface area contributed by atoms with E-state index >= 15 is 0 Å². The number of methoxy groups -OCH3 is 1. The highest BCUT2D eigenvalue weighted by Gasteiger charge is 2.09. The molecule has 0 bridgehead atoms. The van der Waals surface area contributed by atoms with Crippen LogP contribution >= 0.6 is 11.8 Å². The van der Waals surface area contributed by atoms with Crippen LogP contribution in [0, 0.1) is 6.92 Å². The summed E-state index contributed by atoms with van der Waals surface area (Å²) in [6.07, 6.45) is 0. The Bertz CT molecular complexity index is 1000. The van der Waals surface area contributed by atoms with E-state index in [0.29, 0.717) is 22.7 Å². The minimum absolute atomic E-state index is 0.131. The molecule has 3 rings (SSSR count). The lowest BCUT2D eigenvalue weighted by atomic mass is 10.1. The Morgan fingerprint density at radius 3 is 2.45 bits per heavy atom. The van der Waals surface area contributed by atoms with E-state index in [-0.39, 0.29) is 17.6 Å². The smallest absolute Gasteiger partial charge is 0.255 e. The average Bonchev–Trinajstić information content (AvgIpc) is 2.73. The van der Waals surface area contributed by atoms with Crippen molar-refractivity contribution in [2.75, 3.05) is 23.5 Å². The van der Waals surface area contributed by atoms with E-state index < -0.39 is 0 Å². The molecule has 148 valence electrons. The summed E-state index contributed by atoms with van der Waals surface area (Å²) in [6, 6.07) is 22.1. The predicted molar refractivity (Wildman–Crippen MR) is 118 cm³/mol. The van der Waals surface area contributed by atoms with E-state index in [2.05, 4.69) is 10.6 Å². The summed E-state index contributed by atoms with van der Waals surface area (Å²) >= 11 is 1.40. The molecule has 0 unspecified atom stereocenters. The van der Waals surface area contributed by atoms with Crippen molar-refractivity contribution in [1.29, 1.82) is 0 Å². The lowest BCUT2D eigenvalue weighted by Gasteiger charge is -2.10. The quantitative estimate of drug-likeness (QED) is 0.543. The largest absolute Gasteiger partial charge is 0.495 e. The molecular weight excluding hydrogens is 384 g/mol. The van der Waals surface area contributed by atoms with Crippen LogP contribution in [0.15, 0.2) is 77.7 Å². The number of para-hydroxylation sites is 2. The summed E-state index contributed by atoms with van der Waals surface area (Å²) in [6.45, 7) is 1.98. The molecule has 2 N–H and O–H groups in total. The molecule has 0 aliphatic heterocycles. The molecule has 0 saturated heterocycles. The molecule has 0 heterocycles. The topological polar surface area (TPSA) is 67.4 Å². The molecule has 0 aliphatic rings. The van der Waals surface area contributed by atoms with E-state index in [1.165, 1.54) is 11.8 Å². The monoisotopic (exact) mass is 406 g/mol. The fraction of sp³-hybridized carbons (Fsp3) is 0.130. The Kier molecular flexibility index (Phi) is 6.92. The first-order valence-electron chi connectivity index (χ1n) is 9.09. The van der Waals surface area contributed by atoms with Crippen molar-refractivity contribution in [1.82, 2.24) is 0 Å². The fourth-order valence-corrected chi connectivity index (χ4v) is 3.41. The Morgan fingerprint density at radius 2 is 1.69 bits per heavy atom. The van der Waals surface area contributed by atoms with Gasteiger partial charge in [0.25, 0.3) is 5.91 Å². The van der Waals surface area contributed by atoms with Crippen LogP contribution in [0.5, 0.6) is 5.75 Å². The Balaban J connectivity index is 1.57. The molecule has 0 saturated carbocycles. The number of anilines is 2. The molecule has 0 spiro atoms. The third kappa shape index (κ3) is 5.86. The van der Waals surface area contributed by atoms with Gasteiger partial charge in [0.1, 0.15) is 5.75 Å². The number of hydrogen-bond donors (Lipinski definition) is 2. The summed E-state index contributed by atoms with van der Waals surface area (Å²) < 4.78 is 5.24. The van der Waals surface area contributed by atoms with Crippen molar-refractivity contribution in [3.63, 3.8) is 0 Å². The molecule has 6 heteroatoms. The number of thioether (sulfide) groups is 1. The average molecular weight is 407 g/mol. The zero-order valence-corrected chi connectivity index (χ0v) is 17.1. The third-order valence-corrected chi connectivity index (χ3v) is 5.15. The summed E-state index contributed by atoms with van der Waals surface area (Å²) in [5, 5.41) is 5.74. The van der Waals surface area contributed by atoms with E-state index in [4.69, 9.17) is 4.74 Å². The number of hydrogen-bond acceptors (Lipinski definition) is 4. The second-order valence-corrected chi connectivity index (χ2v) is 7.43. The number of carbonyl (C=O) groups excluding carboxylic acids is 2. The van der Waals surface area contributed by atoms with Crippen molar-refractivity contribution in [3.8, 4) is 5.75 Å². The molecule has 0 radical (unpaired) electrons. The second kappa shape index (κ2) is 9.80. The third-order valence-electron chi connectivity index (χ3n) is 4.16. The van der Waals surface area contributed by atoms with E-state index in [1.54, 1.807) is 31.4 Å². The molecular formula is C23H22N2O3S. The Labute approximate surface area is 174 Å². The molecule has 5 nitrogen and oxygen atoms in total. The van der Waals surface area contributed by atoms with Gasteiger partial charge in [-0.25, -0.2) is 0 Å². The van der Waals surface area contributed by atoms with Gasteiger partial charge in [0, 0.05) is 16.1 Å². The zero-order valence-electron chi connectivity index (χ0n) is 16.3. The number of aryl methyl sites for hydroxylation is 1. The maximum Gasteiger partial charge on any atom is 0.255 e. The minimum Gasteiger partial charge on any atom is -0.495 e. The van der Waals surface area contributed by atoms with Crippen LogP contribution < -0.4 is 15.4 Å². The molecule has 0 aliphatic carbocycles. The SMILES string of the molecule is COc1ccccc1NC(=O)CSc1cccc(NC(=O)c2ccc(C)cc2)c1. The number of carbonyl (C=O) groups is 2. The van der Waals surface area contributed by atoms with Crippen LogP contribution in [-0.2, 0) is 4.79 Å². The van der Waals surface area contributed by atoms with Crippen molar-refractivity contribution in [2.24, 2.45) is 0 Å². The number of benzene rings is 3. The van der Waals surface area contributed by atoms with Gasteiger partial charge in [-0.05, 0) is 49.4 Å². The van der Waals surface area contributed by atoms with Gasteiger partial charge in [0.2, 0.25) is 5.91 Å². The highest BCUT2D eigenvalue weighted by Crippen LogP contribution is 2.25. The first-order valence-corrected chi connectivity index (χ1v) is 10.1. The lowest BCUT2D eigenvalue weighted by molar-refractivity contribution is -0.113. The van der Waals surface area contributed by atoms with E-state index in [9.17, 15) is 9.59 Å². The van der Waals surface area contributed by atoms with Gasteiger partial charge in [-0.1, -0.05) is 35.9 Å². The van der Waals surface area contributed by atoms with Crippen molar-refractivity contribution < 1.29 is 14.3 Å². The van der Waals surface area contributed by atoms with E-state index in [1.807, 2.05) is 55.5 Å². The van der Waals surface area contributed by atoms with E-state index in [0.717, 1.165) is 10.5 Å². The number of ether oxygens (including phenoxy) is 1. The van der Waals surface area contributed by atoms with Crippen LogP contribution in [0.3, 0.4) is 0 Å². The van der Waals surface area contributed by atoms with Crippen molar-refractivity contribution in [3.05, 3.63) is 83.9 Å².